The fourth-order valence-electron chi connectivity index (χ4n) is 2.62. The second kappa shape index (κ2) is 7.00. The maximum Gasteiger partial charge on any atom is 0.224 e. The lowest BCUT2D eigenvalue weighted by Crippen LogP contribution is -2.33. The monoisotopic (exact) mass is 369 g/mol. The van der Waals surface area contributed by atoms with Gasteiger partial charge in [0.25, 0.3) is 0 Å². The third kappa shape index (κ3) is 3.74. The van der Waals surface area contributed by atoms with Crippen LogP contribution < -0.4 is 10.1 Å². The highest BCUT2D eigenvalue weighted by atomic mass is 35.5. The van der Waals surface area contributed by atoms with Crippen molar-refractivity contribution in [2.24, 2.45) is 0 Å². The first kappa shape index (κ1) is 16.4. The van der Waals surface area contributed by atoms with Crippen molar-refractivity contribution in [1.29, 1.82) is 0 Å². The SMILES string of the molecule is O=C(Cc1ccc(Cl)c(Cl)c1)NC1CCOc2c(Cl)cccc21. The van der Waals surface area contributed by atoms with E-state index < -0.39 is 0 Å². The second-order valence-electron chi connectivity index (χ2n) is 5.34. The third-order valence-electron chi connectivity index (χ3n) is 3.71. The molecule has 1 unspecified atom stereocenters. The molecule has 3 nitrogen and oxygen atoms in total. The van der Waals surface area contributed by atoms with Gasteiger partial charge in [0.15, 0.2) is 0 Å². The van der Waals surface area contributed by atoms with Crippen LogP contribution in [0, 0.1) is 0 Å². The highest BCUT2D eigenvalue weighted by Gasteiger charge is 2.24. The summed E-state index contributed by atoms with van der Waals surface area (Å²) in [6, 6.07) is 10.6. The molecule has 23 heavy (non-hydrogen) atoms. The van der Waals surface area contributed by atoms with E-state index in [1.807, 2.05) is 12.1 Å². The Bertz CT molecular complexity index is 749. The molecule has 0 spiro atoms. The van der Waals surface area contributed by atoms with Crippen molar-refractivity contribution in [3.05, 3.63) is 62.6 Å². The Labute approximate surface area is 149 Å². The van der Waals surface area contributed by atoms with E-state index in [2.05, 4.69) is 5.32 Å². The number of halogens is 3. The number of carbonyl (C=O) groups is 1. The Morgan fingerprint density at radius 2 is 1.96 bits per heavy atom. The van der Waals surface area contributed by atoms with Crippen LogP contribution in [0.25, 0.3) is 0 Å². The molecule has 0 saturated carbocycles. The van der Waals surface area contributed by atoms with Crippen molar-refractivity contribution in [3.8, 4) is 5.75 Å². The first-order valence-electron chi connectivity index (χ1n) is 7.19. The number of ether oxygens (including phenoxy) is 1. The van der Waals surface area contributed by atoms with Crippen LogP contribution in [0.3, 0.4) is 0 Å². The summed E-state index contributed by atoms with van der Waals surface area (Å²) in [7, 11) is 0. The van der Waals surface area contributed by atoms with Crippen LogP contribution >= 0.6 is 34.8 Å². The fourth-order valence-corrected chi connectivity index (χ4v) is 3.17. The molecule has 3 rings (SSSR count). The Morgan fingerprint density at radius 3 is 2.74 bits per heavy atom. The summed E-state index contributed by atoms with van der Waals surface area (Å²) < 4.78 is 5.60. The third-order valence-corrected chi connectivity index (χ3v) is 4.75. The smallest absolute Gasteiger partial charge is 0.224 e. The number of amides is 1. The number of hydrogen-bond acceptors (Lipinski definition) is 2. The normalized spacial score (nSPS) is 16.4. The van der Waals surface area contributed by atoms with Crippen LogP contribution in [-0.4, -0.2) is 12.5 Å². The van der Waals surface area contributed by atoms with E-state index >= 15 is 0 Å². The quantitative estimate of drug-likeness (QED) is 0.840. The minimum atomic E-state index is -0.104. The van der Waals surface area contributed by atoms with Crippen LogP contribution in [0.15, 0.2) is 36.4 Å². The van der Waals surface area contributed by atoms with Crippen molar-refractivity contribution in [2.45, 2.75) is 18.9 Å². The molecule has 1 amide bonds. The fraction of sp³-hybridized carbons (Fsp3) is 0.235. The summed E-state index contributed by atoms with van der Waals surface area (Å²) in [6.45, 7) is 0.522. The molecule has 0 aromatic heterocycles. The molecule has 2 aromatic carbocycles. The summed E-state index contributed by atoms with van der Waals surface area (Å²) >= 11 is 18.0. The lowest BCUT2D eigenvalue weighted by Gasteiger charge is -2.27. The zero-order chi connectivity index (χ0) is 16.4. The van der Waals surface area contributed by atoms with E-state index in [0.29, 0.717) is 33.8 Å². The molecule has 0 saturated heterocycles. The predicted octanol–water partition coefficient (Wildman–Crippen LogP) is 4.83. The first-order chi connectivity index (χ1) is 11.0. The number of carbonyl (C=O) groups excluding carboxylic acids is 1. The van der Waals surface area contributed by atoms with Gasteiger partial charge in [-0.3, -0.25) is 4.79 Å². The van der Waals surface area contributed by atoms with Crippen LogP contribution in [0.2, 0.25) is 15.1 Å². The Morgan fingerprint density at radius 1 is 1.13 bits per heavy atom. The minimum Gasteiger partial charge on any atom is -0.492 e. The molecule has 0 bridgehead atoms. The Hall–Kier alpha value is -1.42. The van der Waals surface area contributed by atoms with Gasteiger partial charge in [-0.25, -0.2) is 0 Å². The van der Waals surface area contributed by atoms with Crippen molar-refractivity contribution in [2.75, 3.05) is 6.61 Å². The molecular weight excluding hydrogens is 357 g/mol. The minimum absolute atomic E-state index is 0.0822. The highest BCUT2D eigenvalue weighted by Crippen LogP contribution is 2.37. The van der Waals surface area contributed by atoms with Gasteiger partial charge in [-0.15, -0.1) is 0 Å². The summed E-state index contributed by atoms with van der Waals surface area (Å²) in [6.07, 6.45) is 0.949. The molecule has 1 heterocycles. The van der Waals surface area contributed by atoms with Gasteiger partial charge < -0.3 is 10.1 Å². The molecule has 0 radical (unpaired) electrons. The van der Waals surface area contributed by atoms with Gasteiger partial charge in [0, 0.05) is 12.0 Å². The molecule has 1 atom stereocenters. The largest absolute Gasteiger partial charge is 0.492 e. The van der Waals surface area contributed by atoms with Crippen molar-refractivity contribution in [3.63, 3.8) is 0 Å². The highest BCUT2D eigenvalue weighted by molar-refractivity contribution is 6.42. The van der Waals surface area contributed by atoms with E-state index in [-0.39, 0.29) is 18.4 Å². The average molecular weight is 371 g/mol. The predicted molar refractivity (Wildman–Crippen MR) is 92.6 cm³/mol. The number of benzene rings is 2. The average Bonchev–Trinajstić information content (AvgIpc) is 2.52. The van der Waals surface area contributed by atoms with E-state index in [1.54, 1.807) is 24.3 Å². The molecule has 120 valence electrons. The van der Waals surface area contributed by atoms with Gasteiger partial charge in [0.2, 0.25) is 5.91 Å². The summed E-state index contributed by atoms with van der Waals surface area (Å²) in [5.74, 6) is 0.571. The number of nitrogens with one attached hydrogen (secondary N) is 1. The van der Waals surface area contributed by atoms with Gasteiger partial charge >= 0.3 is 0 Å². The topological polar surface area (TPSA) is 38.3 Å². The van der Waals surface area contributed by atoms with E-state index in [1.165, 1.54) is 0 Å². The second-order valence-corrected chi connectivity index (χ2v) is 6.56. The Balaban J connectivity index is 1.72. The maximum absolute atomic E-state index is 12.3. The van der Waals surface area contributed by atoms with Gasteiger partial charge in [-0.05, 0) is 23.8 Å². The lowest BCUT2D eigenvalue weighted by atomic mass is 10.00. The van der Waals surface area contributed by atoms with E-state index in [0.717, 1.165) is 11.1 Å². The molecule has 0 fully saturated rings. The lowest BCUT2D eigenvalue weighted by molar-refractivity contribution is -0.121. The molecule has 0 aliphatic carbocycles. The maximum atomic E-state index is 12.3. The summed E-state index contributed by atoms with van der Waals surface area (Å²) in [5, 5.41) is 4.51. The van der Waals surface area contributed by atoms with Gasteiger partial charge in [0.1, 0.15) is 5.75 Å². The number of para-hydroxylation sites is 1. The van der Waals surface area contributed by atoms with Crippen LogP contribution in [0.1, 0.15) is 23.6 Å². The summed E-state index contributed by atoms with van der Waals surface area (Å²) in [4.78, 5) is 12.3. The van der Waals surface area contributed by atoms with E-state index in [4.69, 9.17) is 39.5 Å². The standard InChI is InChI=1S/C17H14Cl3NO2/c18-12-5-4-10(8-14(12)20)9-16(22)21-15-6-7-23-17-11(15)2-1-3-13(17)19/h1-5,8,15H,6-7,9H2,(H,21,22). The van der Waals surface area contributed by atoms with Gasteiger partial charge in [-0.1, -0.05) is 53.0 Å². The van der Waals surface area contributed by atoms with Crippen LogP contribution in [0.5, 0.6) is 5.75 Å². The van der Waals surface area contributed by atoms with Crippen molar-refractivity contribution in [1.82, 2.24) is 5.32 Å². The number of hydrogen-bond donors (Lipinski definition) is 1. The molecular formula is C17H14Cl3NO2. The number of rotatable bonds is 3. The van der Waals surface area contributed by atoms with Crippen LogP contribution in [0.4, 0.5) is 0 Å². The zero-order valence-corrected chi connectivity index (χ0v) is 14.4. The Kier molecular flexibility index (Phi) is 5.00. The van der Waals surface area contributed by atoms with Crippen molar-refractivity contribution >= 4 is 40.7 Å². The molecule has 1 aliphatic rings. The molecule has 1 N–H and O–H groups in total. The van der Waals surface area contributed by atoms with Gasteiger partial charge in [-0.2, -0.15) is 0 Å². The zero-order valence-electron chi connectivity index (χ0n) is 12.1. The van der Waals surface area contributed by atoms with E-state index in [9.17, 15) is 4.79 Å². The number of fused-ring (bicyclic) bond motifs is 1. The summed E-state index contributed by atoms with van der Waals surface area (Å²) in [5.41, 5.74) is 1.72. The first-order valence-corrected chi connectivity index (χ1v) is 8.32. The molecule has 6 heteroatoms. The van der Waals surface area contributed by atoms with Gasteiger partial charge in [0.05, 0.1) is 34.1 Å². The van der Waals surface area contributed by atoms with Crippen molar-refractivity contribution < 1.29 is 9.53 Å². The van der Waals surface area contributed by atoms with Crippen LogP contribution in [-0.2, 0) is 11.2 Å². The molecule has 1 aliphatic heterocycles. The molecule has 2 aromatic rings.